The van der Waals surface area contributed by atoms with Gasteiger partial charge in [-0.1, -0.05) is 37.1 Å². The van der Waals surface area contributed by atoms with Gasteiger partial charge in [-0.2, -0.15) is 0 Å². The zero-order chi connectivity index (χ0) is 14.0. The van der Waals surface area contributed by atoms with Crippen molar-refractivity contribution in [3.05, 3.63) is 29.8 Å². The van der Waals surface area contributed by atoms with E-state index in [0.29, 0.717) is 10.6 Å². The van der Waals surface area contributed by atoms with Gasteiger partial charge in [0.05, 0.1) is 5.69 Å². The standard InChI is InChI=1S/C15H18F2N2S/c16-11-5-4-6-12(13(11)17)19-14-18-9-15(10-20-14)7-2-1-3-8-15/h4-6H,1-3,7-10H2,(H,18,19). The number of hydrogen-bond acceptors (Lipinski definition) is 3. The molecule has 1 N–H and O–H groups in total. The van der Waals surface area contributed by atoms with E-state index in [4.69, 9.17) is 0 Å². The topological polar surface area (TPSA) is 24.4 Å². The smallest absolute Gasteiger partial charge is 0.182 e. The lowest BCUT2D eigenvalue weighted by molar-refractivity contribution is 0.232. The predicted octanol–water partition coefficient (Wildman–Crippen LogP) is 4.43. The molecule has 1 fully saturated rings. The second-order valence-corrected chi connectivity index (χ2v) is 6.66. The molecule has 0 bridgehead atoms. The van der Waals surface area contributed by atoms with Gasteiger partial charge in [-0.3, -0.25) is 4.99 Å². The highest BCUT2D eigenvalue weighted by atomic mass is 32.2. The lowest BCUT2D eigenvalue weighted by Gasteiger charge is -2.38. The fraction of sp³-hybridized carbons (Fsp3) is 0.533. The van der Waals surface area contributed by atoms with E-state index < -0.39 is 11.6 Å². The first-order chi connectivity index (χ1) is 9.69. The normalized spacial score (nSPS) is 21.6. The first-order valence-corrected chi connectivity index (χ1v) is 8.05. The van der Waals surface area contributed by atoms with E-state index in [-0.39, 0.29) is 5.69 Å². The Balaban J connectivity index is 1.69. The summed E-state index contributed by atoms with van der Waals surface area (Å²) in [7, 11) is 0. The van der Waals surface area contributed by atoms with Crippen molar-refractivity contribution in [2.75, 3.05) is 17.6 Å². The highest BCUT2D eigenvalue weighted by Crippen LogP contribution is 2.42. The first kappa shape index (κ1) is 13.9. The lowest BCUT2D eigenvalue weighted by Crippen LogP contribution is -2.35. The van der Waals surface area contributed by atoms with Crippen LogP contribution in [-0.2, 0) is 0 Å². The maximum atomic E-state index is 13.6. The van der Waals surface area contributed by atoms with Crippen molar-refractivity contribution in [1.82, 2.24) is 0 Å². The summed E-state index contributed by atoms with van der Waals surface area (Å²) in [6, 6.07) is 4.15. The summed E-state index contributed by atoms with van der Waals surface area (Å²) in [4.78, 5) is 4.55. The van der Waals surface area contributed by atoms with Crippen molar-refractivity contribution < 1.29 is 8.78 Å². The van der Waals surface area contributed by atoms with E-state index in [1.165, 1.54) is 44.2 Å². The molecule has 5 heteroatoms. The van der Waals surface area contributed by atoms with Gasteiger partial charge in [0, 0.05) is 12.3 Å². The minimum Gasteiger partial charge on any atom is -0.333 e. The molecule has 1 heterocycles. The van der Waals surface area contributed by atoms with E-state index in [1.54, 1.807) is 11.8 Å². The van der Waals surface area contributed by atoms with Crippen LogP contribution in [0.25, 0.3) is 0 Å². The average molecular weight is 296 g/mol. The van der Waals surface area contributed by atoms with Gasteiger partial charge in [-0.25, -0.2) is 8.78 Å². The maximum Gasteiger partial charge on any atom is 0.182 e. The van der Waals surface area contributed by atoms with Crippen LogP contribution in [0.15, 0.2) is 23.2 Å². The summed E-state index contributed by atoms with van der Waals surface area (Å²) < 4.78 is 26.8. The zero-order valence-electron chi connectivity index (χ0n) is 11.3. The molecule has 1 saturated carbocycles. The molecule has 1 aliphatic carbocycles. The molecule has 0 atom stereocenters. The van der Waals surface area contributed by atoms with Crippen LogP contribution in [0.4, 0.5) is 14.5 Å². The van der Waals surface area contributed by atoms with E-state index in [1.807, 2.05) is 0 Å². The molecule has 0 saturated heterocycles. The molecule has 1 aromatic carbocycles. The largest absolute Gasteiger partial charge is 0.333 e. The Bertz CT molecular complexity index is 525. The molecule has 20 heavy (non-hydrogen) atoms. The Kier molecular flexibility index (Phi) is 3.96. The van der Waals surface area contributed by atoms with Crippen molar-refractivity contribution in [1.29, 1.82) is 0 Å². The van der Waals surface area contributed by atoms with Crippen LogP contribution in [0.1, 0.15) is 32.1 Å². The number of halogens is 2. The molecule has 2 nitrogen and oxygen atoms in total. The number of rotatable bonds is 1. The quantitative estimate of drug-likeness (QED) is 0.829. The van der Waals surface area contributed by atoms with Gasteiger partial charge < -0.3 is 5.32 Å². The zero-order valence-corrected chi connectivity index (χ0v) is 12.1. The van der Waals surface area contributed by atoms with Gasteiger partial charge in [-0.15, -0.1) is 0 Å². The van der Waals surface area contributed by atoms with Crippen LogP contribution in [-0.4, -0.2) is 17.5 Å². The van der Waals surface area contributed by atoms with E-state index >= 15 is 0 Å². The Morgan fingerprint density at radius 3 is 2.65 bits per heavy atom. The molecule has 1 spiro atoms. The number of benzene rings is 1. The molecule has 0 aromatic heterocycles. The van der Waals surface area contributed by atoms with Gasteiger partial charge in [0.25, 0.3) is 0 Å². The Labute approximate surface area is 122 Å². The molecule has 0 radical (unpaired) electrons. The second kappa shape index (κ2) is 5.72. The molecule has 1 aromatic rings. The number of aliphatic imine (C=N–C) groups is 1. The summed E-state index contributed by atoms with van der Waals surface area (Å²) in [5, 5.41) is 3.61. The lowest BCUT2D eigenvalue weighted by atomic mass is 9.75. The Morgan fingerprint density at radius 2 is 1.95 bits per heavy atom. The second-order valence-electron chi connectivity index (χ2n) is 5.70. The van der Waals surface area contributed by atoms with Gasteiger partial charge in [0.15, 0.2) is 16.8 Å². The molecule has 1 aliphatic heterocycles. The van der Waals surface area contributed by atoms with Crippen molar-refractivity contribution in [2.24, 2.45) is 10.4 Å². The van der Waals surface area contributed by atoms with Crippen molar-refractivity contribution in [2.45, 2.75) is 32.1 Å². The molecular formula is C15H18F2N2S. The van der Waals surface area contributed by atoms with Crippen LogP contribution in [0, 0.1) is 17.0 Å². The predicted molar refractivity (Wildman–Crippen MR) is 80.3 cm³/mol. The van der Waals surface area contributed by atoms with Crippen molar-refractivity contribution >= 4 is 22.6 Å². The van der Waals surface area contributed by atoms with E-state index in [2.05, 4.69) is 10.3 Å². The third kappa shape index (κ3) is 2.82. The first-order valence-electron chi connectivity index (χ1n) is 7.07. The maximum absolute atomic E-state index is 13.6. The average Bonchev–Trinajstić information content (AvgIpc) is 2.47. The summed E-state index contributed by atoms with van der Waals surface area (Å²) in [5.74, 6) is -0.649. The number of nitrogens with zero attached hydrogens (tertiary/aromatic N) is 1. The number of amidine groups is 1. The van der Waals surface area contributed by atoms with Crippen LogP contribution in [0.5, 0.6) is 0 Å². The fourth-order valence-corrected chi connectivity index (χ4v) is 4.11. The molecule has 0 unspecified atom stereocenters. The van der Waals surface area contributed by atoms with Crippen LogP contribution >= 0.6 is 11.8 Å². The molecular weight excluding hydrogens is 278 g/mol. The summed E-state index contributed by atoms with van der Waals surface area (Å²) in [6.07, 6.45) is 6.39. The van der Waals surface area contributed by atoms with Gasteiger partial charge in [-0.05, 0) is 30.4 Å². The number of anilines is 1. The summed E-state index contributed by atoms with van der Waals surface area (Å²) >= 11 is 1.63. The Morgan fingerprint density at radius 1 is 1.15 bits per heavy atom. The van der Waals surface area contributed by atoms with E-state index in [9.17, 15) is 8.78 Å². The molecule has 3 rings (SSSR count). The highest BCUT2D eigenvalue weighted by Gasteiger charge is 2.35. The minimum atomic E-state index is -0.839. The minimum absolute atomic E-state index is 0.163. The molecule has 2 aliphatic rings. The van der Waals surface area contributed by atoms with E-state index in [0.717, 1.165) is 18.4 Å². The Hall–Kier alpha value is -1.10. The number of nitrogens with one attached hydrogen (secondary N) is 1. The van der Waals surface area contributed by atoms with Gasteiger partial charge >= 0.3 is 0 Å². The van der Waals surface area contributed by atoms with Crippen LogP contribution in [0.3, 0.4) is 0 Å². The van der Waals surface area contributed by atoms with Gasteiger partial charge in [0.1, 0.15) is 0 Å². The fourth-order valence-electron chi connectivity index (χ4n) is 2.95. The number of hydrogen-bond donors (Lipinski definition) is 1. The summed E-state index contributed by atoms with van der Waals surface area (Å²) in [5.41, 5.74) is 0.505. The highest BCUT2D eigenvalue weighted by molar-refractivity contribution is 8.14. The molecule has 108 valence electrons. The monoisotopic (exact) mass is 296 g/mol. The number of thioether (sulfide) groups is 1. The van der Waals surface area contributed by atoms with Gasteiger partial charge in [0.2, 0.25) is 0 Å². The van der Waals surface area contributed by atoms with Crippen molar-refractivity contribution in [3.63, 3.8) is 0 Å². The van der Waals surface area contributed by atoms with Crippen LogP contribution in [0.2, 0.25) is 0 Å². The summed E-state index contributed by atoms with van der Waals surface area (Å²) in [6.45, 7) is 0.805. The van der Waals surface area contributed by atoms with Crippen molar-refractivity contribution in [3.8, 4) is 0 Å². The SMILES string of the molecule is Fc1cccc(NC2=NCC3(CCCCC3)CS2)c1F. The van der Waals surface area contributed by atoms with Crippen LogP contribution < -0.4 is 5.32 Å². The third-order valence-corrected chi connectivity index (χ3v) is 5.44. The molecule has 0 amide bonds. The third-order valence-electron chi connectivity index (χ3n) is 4.18.